The molecule has 0 bridgehead atoms. The first-order valence-electron chi connectivity index (χ1n) is 15.5. The van der Waals surface area contributed by atoms with Gasteiger partial charge in [-0.25, -0.2) is 0 Å². The summed E-state index contributed by atoms with van der Waals surface area (Å²) >= 11 is 0. The zero-order valence-corrected chi connectivity index (χ0v) is 26.4. The third-order valence-electron chi connectivity index (χ3n) is 8.82. The van der Waals surface area contributed by atoms with Crippen LogP contribution in [0.25, 0.3) is 0 Å². The monoisotopic (exact) mass is 721 g/mol. The minimum atomic E-state index is -2.00. The minimum Gasteiger partial charge on any atom is -0.394 e. The third-order valence-corrected chi connectivity index (χ3v) is 8.82. The van der Waals surface area contributed by atoms with Crippen LogP contribution < -0.4 is 5.32 Å². The lowest BCUT2D eigenvalue weighted by Gasteiger charge is -2.50. The fourth-order valence-corrected chi connectivity index (χ4v) is 6.13. The average molecular weight is 722 g/mol. The minimum absolute atomic E-state index is 0.733. The molecular formula is C27H47NO21. The molecule has 0 aliphatic carbocycles. The first kappa shape index (κ1) is 40.4. The molecule has 0 aromatic rings. The van der Waals surface area contributed by atoms with E-state index in [0.717, 1.165) is 6.92 Å². The van der Waals surface area contributed by atoms with E-state index >= 15 is 0 Å². The molecule has 4 aliphatic heterocycles. The van der Waals surface area contributed by atoms with Crippen LogP contribution in [0.1, 0.15) is 6.92 Å². The van der Waals surface area contributed by atoms with Gasteiger partial charge in [0.1, 0.15) is 97.6 Å². The molecular weight excluding hydrogens is 674 g/mol. The molecule has 20 atom stereocenters. The molecule has 4 fully saturated rings. The summed E-state index contributed by atoms with van der Waals surface area (Å²) in [5.74, 6) is -0.739. The number of nitrogens with one attached hydrogen (secondary N) is 1. The van der Waals surface area contributed by atoms with Crippen LogP contribution in [0.15, 0.2) is 0 Å². The van der Waals surface area contributed by atoms with Crippen LogP contribution in [0.2, 0.25) is 0 Å². The molecule has 0 unspecified atom stereocenters. The van der Waals surface area contributed by atoms with Gasteiger partial charge in [0.15, 0.2) is 25.2 Å². The van der Waals surface area contributed by atoms with Gasteiger partial charge in [-0.3, -0.25) is 4.79 Å². The Hall–Kier alpha value is -1.33. The summed E-state index contributed by atoms with van der Waals surface area (Å²) in [4.78, 5) is 12.3. The van der Waals surface area contributed by atoms with Gasteiger partial charge in [0.2, 0.25) is 5.91 Å². The van der Waals surface area contributed by atoms with Crippen molar-refractivity contribution in [2.45, 2.75) is 130 Å². The maximum Gasteiger partial charge on any atom is 0.217 e. The van der Waals surface area contributed by atoms with Crippen LogP contribution in [-0.4, -0.2) is 223 Å². The predicted octanol–water partition coefficient (Wildman–Crippen LogP) is -8.95. The smallest absolute Gasteiger partial charge is 0.217 e. The molecule has 0 radical (unpaired) electrons. The molecule has 4 aliphatic rings. The van der Waals surface area contributed by atoms with Crippen molar-refractivity contribution in [2.24, 2.45) is 0 Å². The van der Waals surface area contributed by atoms with Gasteiger partial charge in [0.05, 0.1) is 26.4 Å². The molecule has 49 heavy (non-hydrogen) atoms. The van der Waals surface area contributed by atoms with Crippen LogP contribution in [0, 0.1) is 0 Å². The van der Waals surface area contributed by atoms with Crippen LogP contribution in [0.4, 0.5) is 0 Å². The first-order valence-corrected chi connectivity index (χ1v) is 15.5. The second-order valence-electron chi connectivity index (χ2n) is 12.1. The van der Waals surface area contributed by atoms with E-state index in [1.54, 1.807) is 0 Å². The van der Waals surface area contributed by atoms with Gasteiger partial charge in [0, 0.05) is 14.0 Å². The van der Waals surface area contributed by atoms with Gasteiger partial charge >= 0.3 is 0 Å². The van der Waals surface area contributed by atoms with Crippen molar-refractivity contribution in [3.8, 4) is 0 Å². The van der Waals surface area contributed by atoms with Crippen LogP contribution in [0.5, 0.6) is 0 Å². The lowest BCUT2D eigenvalue weighted by Crippen LogP contribution is -2.70. The van der Waals surface area contributed by atoms with E-state index in [2.05, 4.69) is 5.32 Å². The first-order chi connectivity index (χ1) is 23.2. The number of methoxy groups -OCH3 is 1. The van der Waals surface area contributed by atoms with Gasteiger partial charge in [0.25, 0.3) is 0 Å². The standard InChI is InChI=1S/C27H47NO21/c1-7(33)28-12-23(49-26-18(39)15(36)13(34)8(3-29)44-26)14(35)9(4-30)43-24(12)47-21-11(6-32)46-27(20(41)17(21)38)48-22-10(5-31)45-25(42-2)19(40)16(22)37/h8-27,29-32,34-41H,3-6H2,1-2H3,(H,28,33)/t8-,9-,10-,11-,12-,13+,14+,15+,16-,17-,18-,19-,20-,21+,22-,23-,24+,25-,26+,27+/m1/s1. The van der Waals surface area contributed by atoms with Crippen molar-refractivity contribution in [3.63, 3.8) is 0 Å². The molecule has 286 valence electrons. The fraction of sp³-hybridized carbons (Fsp3) is 0.963. The summed E-state index contributed by atoms with van der Waals surface area (Å²) in [6.45, 7) is -2.24. The maximum absolute atomic E-state index is 12.3. The molecule has 0 spiro atoms. The molecule has 4 heterocycles. The molecule has 0 aromatic carbocycles. The SMILES string of the molecule is CO[C@@H]1O[C@H](CO)[C@@H](O[C@@H]2O[C@H](CO)[C@H](O[C@@H]3O[C@H](CO)[C@H](O)[C@H](O[C@@H]4O[C@H](CO)[C@H](O)[C@H](O)[C@H]4O)[C@H]3NC(C)=O)[C@H](O)[C@H]2O)[C@H](O)[C@H]1O. The van der Waals surface area contributed by atoms with Crippen LogP contribution in [-0.2, 0) is 42.7 Å². The summed E-state index contributed by atoms with van der Waals surface area (Å²) in [7, 11) is 1.19. The van der Waals surface area contributed by atoms with Gasteiger partial charge < -0.3 is 104 Å². The molecule has 4 rings (SSSR count). The van der Waals surface area contributed by atoms with Gasteiger partial charge in [-0.15, -0.1) is 0 Å². The fourth-order valence-electron chi connectivity index (χ4n) is 6.13. The van der Waals surface area contributed by atoms with Crippen LogP contribution in [0.3, 0.4) is 0 Å². The average Bonchev–Trinajstić information content (AvgIpc) is 3.08. The number of aliphatic hydroxyl groups excluding tert-OH is 12. The lowest BCUT2D eigenvalue weighted by molar-refractivity contribution is -0.379. The molecule has 0 aromatic heterocycles. The maximum atomic E-state index is 12.3. The van der Waals surface area contributed by atoms with E-state index in [-0.39, 0.29) is 0 Å². The predicted molar refractivity (Wildman–Crippen MR) is 150 cm³/mol. The highest BCUT2D eigenvalue weighted by molar-refractivity contribution is 5.73. The zero-order valence-electron chi connectivity index (χ0n) is 26.4. The zero-order chi connectivity index (χ0) is 36.3. The Balaban J connectivity index is 1.55. The van der Waals surface area contributed by atoms with Gasteiger partial charge in [-0.2, -0.15) is 0 Å². The topological polar surface area (TPSA) is 346 Å². The van der Waals surface area contributed by atoms with Gasteiger partial charge in [-0.1, -0.05) is 0 Å². The van der Waals surface area contributed by atoms with E-state index in [1.165, 1.54) is 7.11 Å². The third kappa shape index (κ3) is 8.50. The highest BCUT2D eigenvalue weighted by Gasteiger charge is 2.55. The second-order valence-corrected chi connectivity index (χ2v) is 12.1. The lowest BCUT2D eigenvalue weighted by atomic mass is 9.94. The Morgan fingerprint density at radius 3 is 1.39 bits per heavy atom. The Labute approximate surface area is 278 Å². The molecule has 13 N–H and O–H groups in total. The second kappa shape index (κ2) is 17.5. The van der Waals surface area contributed by atoms with Crippen molar-refractivity contribution < 1.29 is 104 Å². The summed E-state index contributed by atoms with van der Waals surface area (Å²) in [6.07, 6.45) is -32.1. The van der Waals surface area contributed by atoms with E-state index < -0.39 is 155 Å². The summed E-state index contributed by atoms with van der Waals surface area (Å²) in [5, 5.41) is 127. The Morgan fingerprint density at radius 1 is 0.510 bits per heavy atom. The number of carbonyl (C=O) groups excluding carboxylic acids is 1. The Morgan fingerprint density at radius 2 is 0.898 bits per heavy atom. The number of hydrogen-bond acceptors (Lipinski definition) is 21. The number of amides is 1. The number of ether oxygens (including phenoxy) is 8. The summed E-state index contributed by atoms with van der Waals surface area (Å²) < 4.78 is 44.2. The number of rotatable bonds is 12. The van der Waals surface area contributed by atoms with E-state index in [9.17, 15) is 66.1 Å². The quantitative estimate of drug-likeness (QED) is 0.0889. The summed E-state index contributed by atoms with van der Waals surface area (Å²) in [5.41, 5.74) is 0. The van der Waals surface area contributed by atoms with E-state index in [1.807, 2.05) is 0 Å². The number of carbonyl (C=O) groups is 1. The highest BCUT2D eigenvalue weighted by atomic mass is 16.8. The van der Waals surface area contributed by atoms with Gasteiger partial charge in [-0.05, 0) is 0 Å². The number of hydrogen-bond donors (Lipinski definition) is 13. The van der Waals surface area contributed by atoms with Crippen molar-refractivity contribution in [2.75, 3.05) is 33.5 Å². The molecule has 0 saturated carbocycles. The molecule has 22 nitrogen and oxygen atoms in total. The Kier molecular flexibility index (Phi) is 14.4. The van der Waals surface area contributed by atoms with Crippen LogP contribution >= 0.6 is 0 Å². The van der Waals surface area contributed by atoms with Crippen molar-refractivity contribution in [1.29, 1.82) is 0 Å². The Bertz CT molecular complexity index is 1040. The van der Waals surface area contributed by atoms with Crippen molar-refractivity contribution >= 4 is 5.91 Å². The van der Waals surface area contributed by atoms with E-state index in [4.69, 9.17) is 37.9 Å². The normalized spacial score (nSPS) is 49.4. The molecule has 22 heteroatoms. The largest absolute Gasteiger partial charge is 0.394 e. The van der Waals surface area contributed by atoms with E-state index in [0.29, 0.717) is 0 Å². The molecule has 4 saturated heterocycles. The highest BCUT2D eigenvalue weighted by Crippen LogP contribution is 2.34. The molecule has 1 amide bonds. The number of aliphatic hydroxyl groups is 12. The summed E-state index contributed by atoms with van der Waals surface area (Å²) in [6, 6.07) is -1.56. The van der Waals surface area contributed by atoms with Crippen molar-refractivity contribution in [1.82, 2.24) is 5.32 Å². The van der Waals surface area contributed by atoms with Crippen molar-refractivity contribution in [3.05, 3.63) is 0 Å².